The van der Waals surface area contributed by atoms with E-state index in [1.54, 1.807) is 0 Å². The highest BCUT2D eigenvalue weighted by atomic mass is 16.5. The summed E-state index contributed by atoms with van der Waals surface area (Å²) in [5.41, 5.74) is 0.511. The third-order valence-corrected chi connectivity index (χ3v) is 5.42. The van der Waals surface area contributed by atoms with E-state index in [4.69, 9.17) is 4.74 Å². The third-order valence-electron chi connectivity index (χ3n) is 5.42. The van der Waals surface area contributed by atoms with Crippen molar-refractivity contribution < 1.29 is 4.74 Å². The molecule has 1 aliphatic heterocycles. The Labute approximate surface area is 126 Å². The molecule has 0 aromatic carbocycles. The largest absolute Gasteiger partial charge is 0.378 e. The second-order valence-corrected chi connectivity index (χ2v) is 8.07. The molecule has 1 saturated heterocycles. The van der Waals surface area contributed by atoms with Gasteiger partial charge in [0.05, 0.1) is 6.10 Å². The van der Waals surface area contributed by atoms with E-state index in [9.17, 15) is 0 Å². The highest BCUT2D eigenvalue weighted by molar-refractivity contribution is 4.81. The SMILES string of the molecule is CC(C)(C)C1CCC(CNCCC2CCCCO2)CC1. The van der Waals surface area contributed by atoms with E-state index < -0.39 is 0 Å². The molecule has 1 unspecified atom stereocenters. The quantitative estimate of drug-likeness (QED) is 0.755. The van der Waals surface area contributed by atoms with Gasteiger partial charge in [-0.15, -0.1) is 0 Å². The van der Waals surface area contributed by atoms with Gasteiger partial charge in [0.2, 0.25) is 0 Å². The Kier molecular flexibility index (Phi) is 6.35. The first-order chi connectivity index (χ1) is 9.55. The zero-order chi connectivity index (χ0) is 14.4. The Balaban J connectivity index is 1.53. The molecule has 2 fully saturated rings. The van der Waals surface area contributed by atoms with Gasteiger partial charge in [-0.1, -0.05) is 20.8 Å². The summed E-state index contributed by atoms with van der Waals surface area (Å²) in [6.45, 7) is 10.6. The number of hydrogen-bond acceptors (Lipinski definition) is 2. The van der Waals surface area contributed by atoms with Crippen molar-refractivity contribution in [2.24, 2.45) is 17.3 Å². The maximum absolute atomic E-state index is 5.78. The van der Waals surface area contributed by atoms with Crippen LogP contribution in [-0.4, -0.2) is 25.8 Å². The van der Waals surface area contributed by atoms with E-state index in [2.05, 4.69) is 26.1 Å². The second-order valence-electron chi connectivity index (χ2n) is 8.07. The number of rotatable bonds is 5. The lowest BCUT2D eigenvalue weighted by molar-refractivity contribution is 0.0113. The van der Waals surface area contributed by atoms with Crippen molar-refractivity contribution >= 4 is 0 Å². The van der Waals surface area contributed by atoms with E-state index >= 15 is 0 Å². The van der Waals surface area contributed by atoms with Crippen LogP contribution >= 0.6 is 0 Å². The molecule has 2 aliphatic rings. The maximum atomic E-state index is 5.78. The smallest absolute Gasteiger partial charge is 0.0587 e. The van der Waals surface area contributed by atoms with Crippen LogP contribution in [0.4, 0.5) is 0 Å². The lowest BCUT2D eigenvalue weighted by atomic mass is 9.70. The second kappa shape index (κ2) is 7.79. The molecule has 0 bridgehead atoms. The Hall–Kier alpha value is -0.0800. The molecule has 0 aromatic heterocycles. The fourth-order valence-electron chi connectivity index (χ4n) is 3.84. The molecular weight excluding hydrogens is 246 g/mol. The molecule has 20 heavy (non-hydrogen) atoms. The Morgan fingerprint density at radius 2 is 1.75 bits per heavy atom. The van der Waals surface area contributed by atoms with Gasteiger partial charge in [0.15, 0.2) is 0 Å². The van der Waals surface area contributed by atoms with Crippen LogP contribution in [0.25, 0.3) is 0 Å². The number of hydrogen-bond donors (Lipinski definition) is 1. The van der Waals surface area contributed by atoms with Crippen LogP contribution in [0.1, 0.15) is 72.1 Å². The van der Waals surface area contributed by atoms with Crippen LogP contribution in [0.3, 0.4) is 0 Å². The molecule has 2 heteroatoms. The Morgan fingerprint density at radius 1 is 1.00 bits per heavy atom. The average molecular weight is 281 g/mol. The first-order valence-corrected chi connectivity index (χ1v) is 8.88. The van der Waals surface area contributed by atoms with Crippen LogP contribution < -0.4 is 5.32 Å². The Morgan fingerprint density at radius 3 is 2.35 bits per heavy atom. The molecule has 0 radical (unpaired) electrons. The standard InChI is InChI=1S/C18H35NO/c1-18(2,3)16-9-7-15(8-10-16)14-19-12-11-17-6-4-5-13-20-17/h15-17,19H,4-14H2,1-3H3. The van der Waals surface area contributed by atoms with Gasteiger partial charge in [0.25, 0.3) is 0 Å². The van der Waals surface area contributed by atoms with Crippen LogP contribution in [0.5, 0.6) is 0 Å². The molecular formula is C18H35NO. The van der Waals surface area contributed by atoms with Gasteiger partial charge in [0.1, 0.15) is 0 Å². The normalized spacial score (nSPS) is 32.2. The zero-order valence-electron chi connectivity index (χ0n) is 13.9. The van der Waals surface area contributed by atoms with Crippen molar-refractivity contribution in [3.8, 4) is 0 Å². The summed E-state index contributed by atoms with van der Waals surface area (Å²) >= 11 is 0. The van der Waals surface area contributed by atoms with Crippen molar-refractivity contribution in [2.45, 2.75) is 78.2 Å². The van der Waals surface area contributed by atoms with E-state index in [0.717, 1.165) is 25.0 Å². The maximum Gasteiger partial charge on any atom is 0.0587 e. The lowest BCUT2D eigenvalue weighted by Crippen LogP contribution is -2.32. The van der Waals surface area contributed by atoms with Crippen molar-refractivity contribution in [3.05, 3.63) is 0 Å². The molecule has 1 atom stereocenters. The summed E-state index contributed by atoms with van der Waals surface area (Å²) in [6, 6.07) is 0. The molecule has 118 valence electrons. The van der Waals surface area contributed by atoms with Gasteiger partial charge in [-0.2, -0.15) is 0 Å². The van der Waals surface area contributed by atoms with Gasteiger partial charge in [-0.25, -0.2) is 0 Å². The summed E-state index contributed by atoms with van der Waals surface area (Å²) in [5, 5.41) is 3.68. The summed E-state index contributed by atoms with van der Waals surface area (Å²) in [6.07, 6.45) is 11.4. The van der Waals surface area contributed by atoms with Gasteiger partial charge < -0.3 is 10.1 Å². The molecule has 0 aromatic rings. The van der Waals surface area contributed by atoms with E-state index in [1.165, 1.54) is 57.9 Å². The van der Waals surface area contributed by atoms with Crippen molar-refractivity contribution in [1.29, 1.82) is 0 Å². The minimum atomic E-state index is 0.511. The fraction of sp³-hybridized carbons (Fsp3) is 1.00. The molecule has 2 rings (SSSR count). The monoisotopic (exact) mass is 281 g/mol. The molecule has 1 N–H and O–H groups in total. The van der Waals surface area contributed by atoms with Crippen molar-refractivity contribution in [3.63, 3.8) is 0 Å². The van der Waals surface area contributed by atoms with Crippen LogP contribution in [0.2, 0.25) is 0 Å². The van der Waals surface area contributed by atoms with Gasteiger partial charge in [0, 0.05) is 6.61 Å². The average Bonchev–Trinajstić information content (AvgIpc) is 2.44. The van der Waals surface area contributed by atoms with E-state index in [-0.39, 0.29) is 0 Å². The Bertz CT molecular complexity index is 257. The summed E-state index contributed by atoms with van der Waals surface area (Å²) < 4.78 is 5.78. The lowest BCUT2D eigenvalue weighted by Gasteiger charge is -2.37. The van der Waals surface area contributed by atoms with Gasteiger partial charge in [-0.05, 0) is 81.7 Å². The van der Waals surface area contributed by atoms with Crippen molar-refractivity contribution in [2.75, 3.05) is 19.7 Å². The first kappa shape index (κ1) is 16.3. The van der Waals surface area contributed by atoms with E-state index in [0.29, 0.717) is 11.5 Å². The van der Waals surface area contributed by atoms with Crippen LogP contribution in [0, 0.1) is 17.3 Å². The highest BCUT2D eigenvalue weighted by Gasteiger charge is 2.29. The molecule has 0 spiro atoms. The molecule has 1 heterocycles. The van der Waals surface area contributed by atoms with Gasteiger partial charge >= 0.3 is 0 Å². The topological polar surface area (TPSA) is 21.3 Å². The summed E-state index contributed by atoms with van der Waals surface area (Å²) in [4.78, 5) is 0. The number of ether oxygens (including phenoxy) is 1. The molecule has 2 nitrogen and oxygen atoms in total. The minimum absolute atomic E-state index is 0.511. The third kappa shape index (κ3) is 5.37. The molecule has 1 aliphatic carbocycles. The highest BCUT2D eigenvalue weighted by Crippen LogP contribution is 2.39. The minimum Gasteiger partial charge on any atom is -0.378 e. The summed E-state index contributed by atoms with van der Waals surface area (Å²) in [5.74, 6) is 1.86. The molecule has 1 saturated carbocycles. The predicted molar refractivity (Wildman–Crippen MR) is 86.0 cm³/mol. The number of nitrogens with one attached hydrogen (secondary N) is 1. The molecule has 0 amide bonds. The fourth-order valence-corrected chi connectivity index (χ4v) is 3.84. The summed E-state index contributed by atoms with van der Waals surface area (Å²) in [7, 11) is 0. The van der Waals surface area contributed by atoms with Gasteiger partial charge in [-0.3, -0.25) is 0 Å². The van der Waals surface area contributed by atoms with E-state index in [1.807, 2.05) is 0 Å². The van der Waals surface area contributed by atoms with Crippen molar-refractivity contribution in [1.82, 2.24) is 5.32 Å². The van der Waals surface area contributed by atoms with Crippen LogP contribution in [-0.2, 0) is 4.74 Å². The van der Waals surface area contributed by atoms with Crippen LogP contribution in [0.15, 0.2) is 0 Å². The zero-order valence-corrected chi connectivity index (χ0v) is 13.9. The first-order valence-electron chi connectivity index (χ1n) is 8.88. The predicted octanol–water partition coefficient (Wildman–Crippen LogP) is 4.39.